The summed E-state index contributed by atoms with van der Waals surface area (Å²) in [6.07, 6.45) is 21.9. The Labute approximate surface area is 243 Å². The molecule has 0 unspecified atom stereocenters. The van der Waals surface area contributed by atoms with E-state index in [1.54, 1.807) is 0 Å². The molecule has 7 nitrogen and oxygen atoms in total. The van der Waals surface area contributed by atoms with Crippen LogP contribution in [0.2, 0.25) is 0 Å². The molecule has 2 aromatic rings. The zero-order valence-electron chi connectivity index (χ0n) is 25.1. The van der Waals surface area contributed by atoms with Gasteiger partial charge in [-0.2, -0.15) is 8.42 Å². The summed E-state index contributed by atoms with van der Waals surface area (Å²) in [5.74, 6) is 1.59. The predicted molar refractivity (Wildman–Crippen MR) is 163 cm³/mol. The molecule has 0 amide bonds. The second-order valence-electron chi connectivity index (χ2n) is 10.7. The van der Waals surface area contributed by atoms with Gasteiger partial charge in [-0.1, -0.05) is 65.2 Å². The molecule has 0 saturated carbocycles. The van der Waals surface area contributed by atoms with Crippen molar-refractivity contribution in [3.05, 3.63) is 42.2 Å². The average molecular weight is 577 g/mol. The van der Waals surface area contributed by atoms with E-state index in [2.05, 4.69) is 16.9 Å². The van der Waals surface area contributed by atoms with Gasteiger partial charge in [0.1, 0.15) is 5.75 Å². The second kappa shape index (κ2) is 20.8. The number of ether oxygens (including phenoxy) is 2. The van der Waals surface area contributed by atoms with Crippen LogP contribution in [0.4, 0.5) is 0 Å². The SMILES string of the molecule is CCCCCCCCCCCc1cnc(-c2ccc(OCCCCCOCC[C@H](CC)OS(C)(=O)=O)cc2)nc1. The molecule has 0 aliphatic rings. The smallest absolute Gasteiger partial charge is 0.264 e. The fourth-order valence-electron chi connectivity index (χ4n) is 4.53. The van der Waals surface area contributed by atoms with Gasteiger partial charge in [-0.05, 0) is 74.8 Å². The molecular formula is C32H52N2O5S. The zero-order chi connectivity index (χ0) is 28.9. The fourth-order valence-corrected chi connectivity index (χ4v) is 5.26. The van der Waals surface area contributed by atoms with Crippen molar-refractivity contribution in [2.75, 3.05) is 26.1 Å². The van der Waals surface area contributed by atoms with Crippen LogP contribution < -0.4 is 4.74 Å². The molecule has 2 rings (SSSR count). The Bertz CT molecular complexity index is 997. The van der Waals surface area contributed by atoms with Crippen molar-refractivity contribution in [3.8, 4) is 17.1 Å². The molecule has 1 atom stereocenters. The van der Waals surface area contributed by atoms with E-state index in [4.69, 9.17) is 13.7 Å². The van der Waals surface area contributed by atoms with Crippen LogP contribution in [0.15, 0.2) is 36.7 Å². The predicted octanol–water partition coefficient (Wildman–Crippen LogP) is 7.93. The molecular weight excluding hydrogens is 524 g/mol. The van der Waals surface area contributed by atoms with Crippen molar-refractivity contribution < 1.29 is 22.1 Å². The van der Waals surface area contributed by atoms with Gasteiger partial charge in [-0.15, -0.1) is 0 Å². The van der Waals surface area contributed by atoms with E-state index < -0.39 is 10.1 Å². The minimum atomic E-state index is -3.42. The Balaban J connectivity index is 1.53. The molecule has 226 valence electrons. The lowest BCUT2D eigenvalue weighted by molar-refractivity contribution is 0.0905. The van der Waals surface area contributed by atoms with E-state index in [1.807, 2.05) is 43.6 Å². The number of benzene rings is 1. The number of aryl methyl sites for hydroxylation is 1. The Kier molecular flexibility index (Phi) is 17.8. The van der Waals surface area contributed by atoms with Crippen LogP contribution in [-0.4, -0.2) is 50.6 Å². The molecule has 0 bridgehead atoms. The highest BCUT2D eigenvalue weighted by Crippen LogP contribution is 2.20. The molecule has 0 radical (unpaired) electrons. The van der Waals surface area contributed by atoms with Crippen molar-refractivity contribution in [2.45, 2.75) is 116 Å². The fraction of sp³-hybridized carbons (Fsp3) is 0.688. The molecule has 1 heterocycles. The molecule has 1 aromatic carbocycles. The first-order valence-electron chi connectivity index (χ1n) is 15.4. The Hall–Kier alpha value is -2.03. The van der Waals surface area contributed by atoms with Crippen molar-refractivity contribution in [1.29, 1.82) is 0 Å². The lowest BCUT2D eigenvalue weighted by atomic mass is 10.1. The molecule has 0 fully saturated rings. The number of rotatable bonds is 24. The first-order chi connectivity index (χ1) is 19.4. The molecule has 0 N–H and O–H groups in total. The molecule has 1 aromatic heterocycles. The van der Waals surface area contributed by atoms with E-state index in [0.29, 0.717) is 32.7 Å². The standard InChI is InChI=1S/C32H52N2O5S/c1-4-6-7-8-9-10-11-12-14-17-28-26-33-32(34-27-28)29-18-20-31(21-19-29)38-24-16-13-15-23-37-25-22-30(5-2)39-40(3,35)36/h18-21,26-27,30H,4-17,22-25H2,1-3H3/t30-/m0/s1. The molecule has 0 aliphatic heterocycles. The summed E-state index contributed by atoms with van der Waals surface area (Å²) in [7, 11) is -3.42. The van der Waals surface area contributed by atoms with Crippen LogP contribution in [0.1, 0.15) is 109 Å². The van der Waals surface area contributed by atoms with Gasteiger partial charge in [-0.25, -0.2) is 9.97 Å². The third-order valence-corrected chi connectivity index (χ3v) is 7.56. The molecule has 8 heteroatoms. The lowest BCUT2D eigenvalue weighted by Crippen LogP contribution is -2.18. The summed E-state index contributed by atoms with van der Waals surface area (Å²) in [6.45, 7) is 5.99. The summed E-state index contributed by atoms with van der Waals surface area (Å²) < 4.78 is 39.0. The number of unbranched alkanes of at least 4 members (excludes halogenated alkanes) is 10. The Morgan fingerprint density at radius 2 is 1.35 bits per heavy atom. The highest BCUT2D eigenvalue weighted by atomic mass is 32.2. The third-order valence-electron chi connectivity index (χ3n) is 6.94. The van der Waals surface area contributed by atoms with Crippen LogP contribution in [0, 0.1) is 0 Å². The van der Waals surface area contributed by atoms with Gasteiger partial charge in [-0.3, -0.25) is 4.18 Å². The van der Waals surface area contributed by atoms with E-state index >= 15 is 0 Å². The average Bonchev–Trinajstić information content (AvgIpc) is 2.95. The first kappa shape index (κ1) is 34.2. The van der Waals surface area contributed by atoms with Crippen LogP contribution in [-0.2, 0) is 25.5 Å². The Morgan fingerprint density at radius 3 is 1.98 bits per heavy atom. The number of hydrogen-bond acceptors (Lipinski definition) is 7. The number of hydrogen-bond donors (Lipinski definition) is 0. The van der Waals surface area contributed by atoms with Crippen molar-refractivity contribution in [1.82, 2.24) is 9.97 Å². The van der Waals surface area contributed by atoms with Crippen molar-refractivity contribution in [2.24, 2.45) is 0 Å². The topological polar surface area (TPSA) is 87.6 Å². The van der Waals surface area contributed by atoms with Gasteiger partial charge in [0.15, 0.2) is 5.82 Å². The number of aromatic nitrogens is 2. The maximum Gasteiger partial charge on any atom is 0.264 e. The highest BCUT2D eigenvalue weighted by Gasteiger charge is 2.13. The van der Waals surface area contributed by atoms with Gasteiger partial charge in [0.05, 0.1) is 19.0 Å². The van der Waals surface area contributed by atoms with Crippen molar-refractivity contribution >= 4 is 10.1 Å². The summed E-state index contributed by atoms with van der Waals surface area (Å²) in [5, 5.41) is 0. The number of nitrogens with zero attached hydrogens (tertiary/aromatic N) is 2. The minimum Gasteiger partial charge on any atom is -0.494 e. The van der Waals surface area contributed by atoms with Crippen LogP contribution in [0.5, 0.6) is 5.75 Å². The summed E-state index contributed by atoms with van der Waals surface area (Å²) in [6, 6.07) is 7.97. The molecule has 0 spiro atoms. The third kappa shape index (κ3) is 16.3. The minimum absolute atomic E-state index is 0.310. The molecule has 0 saturated heterocycles. The molecule has 0 aliphatic carbocycles. The Morgan fingerprint density at radius 1 is 0.750 bits per heavy atom. The summed E-state index contributed by atoms with van der Waals surface area (Å²) >= 11 is 0. The van der Waals surface area contributed by atoms with Crippen LogP contribution in [0.3, 0.4) is 0 Å². The van der Waals surface area contributed by atoms with Gasteiger partial charge < -0.3 is 9.47 Å². The summed E-state index contributed by atoms with van der Waals surface area (Å²) in [5.41, 5.74) is 2.20. The quantitative estimate of drug-likeness (QED) is 0.0926. The second-order valence-corrected chi connectivity index (χ2v) is 12.3. The first-order valence-corrected chi connectivity index (χ1v) is 17.2. The van der Waals surface area contributed by atoms with E-state index in [0.717, 1.165) is 49.1 Å². The van der Waals surface area contributed by atoms with Gasteiger partial charge in [0.2, 0.25) is 0 Å². The van der Waals surface area contributed by atoms with Crippen molar-refractivity contribution in [3.63, 3.8) is 0 Å². The summed E-state index contributed by atoms with van der Waals surface area (Å²) in [4.78, 5) is 9.17. The van der Waals surface area contributed by atoms with Gasteiger partial charge in [0.25, 0.3) is 10.1 Å². The lowest BCUT2D eigenvalue weighted by Gasteiger charge is -2.14. The maximum absolute atomic E-state index is 11.2. The van der Waals surface area contributed by atoms with Crippen LogP contribution in [0.25, 0.3) is 11.4 Å². The van der Waals surface area contributed by atoms with Crippen LogP contribution >= 0.6 is 0 Å². The van der Waals surface area contributed by atoms with Gasteiger partial charge >= 0.3 is 0 Å². The highest BCUT2D eigenvalue weighted by molar-refractivity contribution is 7.86. The maximum atomic E-state index is 11.2. The van der Waals surface area contributed by atoms with E-state index in [-0.39, 0.29) is 6.10 Å². The zero-order valence-corrected chi connectivity index (χ0v) is 25.9. The van der Waals surface area contributed by atoms with E-state index in [1.165, 1.54) is 63.4 Å². The monoisotopic (exact) mass is 576 g/mol. The normalized spacial score (nSPS) is 12.5. The van der Waals surface area contributed by atoms with Gasteiger partial charge in [0, 0.05) is 31.2 Å². The largest absolute Gasteiger partial charge is 0.494 e. The molecule has 40 heavy (non-hydrogen) atoms. The van der Waals surface area contributed by atoms with E-state index in [9.17, 15) is 8.42 Å².